The number of hydrogen-bond acceptors (Lipinski definition) is 4. The van der Waals surface area contributed by atoms with Crippen molar-refractivity contribution >= 4 is 5.71 Å². The molecule has 5 heteroatoms. The maximum Gasteiger partial charge on any atom is 0.147 e. The van der Waals surface area contributed by atoms with Gasteiger partial charge in [0.05, 0.1) is 11.3 Å². The fourth-order valence-electron chi connectivity index (χ4n) is 1.79. The maximum atomic E-state index is 13.8. The molecule has 1 N–H and O–H groups in total. The highest BCUT2D eigenvalue weighted by Gasteiger charge is 2.08. The molecule has 2 aromatic rings. The smallest absolute Gasteiger partial charge is 0.147 e. The van der Waals surface area contributed by atoms with E-state index in [-0.39, 0.29) is 12.2 Å². The molecule has 0 radical (unpaired) electrons. The Labute approximate surface area is 121 Å². The maximum absolute atomic E-state index is 13.8. The molecule has 4 nitrogen and oxygen atoms in total. The molecule has 0 aliphatic rings. The van der Waals surface area contributed by atoms with Crippen molar-refractivity contribution in [2.75, 3.05) is 0 Å². The van der Waals surface area contributed by atoms with E-state index in [9.17, 15) is 4.39 Å². The standard InChI is InChI=1S/C16H13FN2O2/c1-11(19-20)12-5-7-15(8-6-12)21-10-14-4-2-3-13(9-18)16(14)17/h2-8,20H,10H2,1H3/b19-11-. The van der Waals surface area contributed by atoms with E-state index in [1.54, 1.807) is 49.4 Å². The second-order valence-electron chi connectivity index (χ2n) is 4.39. The molecular formula is C16H13FN2O2. The second-order valence-corrected chi connectivity index (χ2v) is 4.39. The van der Waals surface area contributed by atoms with E-state index in [1.807, 2.05) is 0 Å². The molecule has 0 atom stereocenters. The average molecular weight is 284 g/mol. The highest BCUT2D eigenvalue weighted by molar-refractivity contribution is 5.98. The number of halogens is 1. The summed E-state index contributed by atoms with van der Waals surface area (Å²) in [5.41, 5.74) is 1.59. The van der Waals surface area contributed by atoms with Crippen LogP contribution in [-0.2, 0) is 6.61 Å². The van der Waals surface area contributed by atoms with Gasteiger partial charge in [-0.05, 0) is 42.8 Å². The van der Waals surface area contributed by atoms with Crippen LogP contribution in [0, 0.1) is 17.1 Å². The van der Waals surface area contributed by atoms with Crippen LogP contribution in [0.15, 0.2) is 47.6 Å². The first kappa shape index (κ1) is 14.5. The summed E-state index contributed by atoms with van der Waals surface area (Å²) >= 11 is 0. The van der Waals surface area contributed by atoms with Gasteiger partial charge in [0.15, 0.2) is 0 Å². The minimum absolute atomic E-state index is 0.00114. The first-order valence-corrected chi connectivity index (χ1v) is 6.25. The van der Waals surface area contributed by atoms with E-state index in [4.69, 9.17) is 15.2 Å². The predicted molar refractivity (Wildman–Crippen MR) is 75.9 cm³/mol. The molecule has 0 aliphatic carbocycles. The molecule has 0 aromatic heterocycles. The Kier molecular flexibility index (Phi) is 4.52. The number of nitriles is 1. The molecule has 2 rings (SSSR count). The average Bonchev–Trinajstić information content (AvgIpc) is 2.53. The van der Waals surface area contributed by atoms with Crippen molar-refractivity contribution in [1.82, 2.24) is 0 Å². The van der Waals surface area contributed by atoms with Gasteiger partial charge < -0.3 is 9.94 Å². The summed E-state index contributed by atoms with van der Waals surface area (Å²) in [7, 11) is 0. The van der Waals surface area contributed by atoms with Crippen molar-refractivity contribution < 1.29 is 14.3 Å². The molecule has 0 heterocycles. The van der Waals surface area contributed by atoms with E-state index >= 15 is 0 Å². The predicted octanol–water partition coefficient (Wildman–Crippen LogP) is 3.47. The zero-order chi connectivity index (χ0) is 15.2. The molecule has 2 aromatic carbocycles. The van der Waals surface area contributed by atoms with Crippen LogP contribution in [0.3, 0.4) is 0 Å². The van der Waals surface area contributed by atoms with Gasteiger partial charge in [-0.3, -0.25) is 0 Å². The zero-order valence-corrected chi connectivity index (χ0v) is 11.4. The molecular weight excluding hydrogens is 271 g/mol. The van der Waals surface area contributed by atoms with Crippen LogP contribution >= 0.6 is 0 Å². The summed E-state index contributed by atoms with van der Waals surface area (Å²) in [6.45, 7) is 1.71. The molecule has 21 heavy (non-hydrogen) atoms. The molecule has 106 valence electrons. The third-order valence-electron chi connectivity index (χ3n) is 3.02. The molecule has 0 saturated carbocycles. The summed E-state index contributed by atoms with van der Waals surface area (Å²) in [6, 6.07) is 13.3. The zero-order valence-electron chi connectivity index (χ0n) is 11.4. The quantitative estimate of drug-likeness (QED) is 0.531. The van der Waals surface area contributed by atoms with E-state index in [0.29, 0.717) is 17.0 Å². The third kappa shape index (κ3) is 3.37. The van der Waals surface area contributed by atoms with Gasteiger partial charge in [-0.1, -0.05) is 17.3 Å². The van der Waals surface area contributed by atoms with Gasteiger partial charge >= 0.3 is 0 Å². The van der Waals surface area contributed by atoms with Crippen molar-refractivity contribution in [3.8, 4) is 11.8 Å². The summed E-state index contributed by atoms with van der Waals surface area (Å²) in [4.78, 5) is 0. The molecule has 0 bridgehead atoms. The van der Waals surface area contributed by atoms with Crippen LogP contribution in [0.5, 0.6) is 5.75 Å². The molecule has 0 spiro atoms. The van der Waals surface area contributed by atoms with E-state index < -0.39 is 5.82 Å². The minimum Gasteiger partial charge on any atom is -0.489 e. The Morgan fingerprint density at radius 1 is 1.29 bits per heavy atom. The van der Waals surface area contributed by atoms with Gasteiger partial charge in [0.25, 0.3) is 0 Å². The lowest BCUT2D eigenvalue weighted by molar-refractivity contribution is 0.299. The van der Waals surface area contributed by atoms with Crippen molar-refractivity contribution in [1.29, 1.82) is 5.26 Å². The SMILES string of the molecule is C/C(=N/O)c1ccc(OCc2cccc(C#N)c2F)cc1. The van der Waals surface area contributed by atoms with Crippen molar-refractivity contribution in [3.05, 3.63) is 65.0 Å². The molecule has 0 saturated heterocycles. The van der Waals surface area contributed by atoms with Crippen LogP contribution in [0.4, 0.5) is 4.39 Å². The Bertz CT molecular complexity index is 703. The van der Waals surface area contributed by atoms with Crippen molar-refractivity contribution in [2.24, 2.45) is 5.16 Å². The Morgan fingerprint density at radius 3 is 2.62 bits per heavy atom. The normalized spacial score (nSPS) is 11.0. The second kappa shape index (κ2) is 6.53. The Morgan fingerprint density at radius 2 is 2.00 bits per heavy atom. The number of ether oxygens (including phenoxy) is 1. The van der Waals surface area contributed by atoms with Gasteiger partial charge in [-0.25, -0.2) is 4.39 Å². The van der Waals surface area contributed by atoms with Gasteiger partial charge in [0, 0.05) is 5.56 Å². The lowest BCUT2D eigenvalue weighted by Gasteiger charge is -2.08. The summed E-state index contributed by atoms with van der Waals surface area (Å²) in [6.07, 6.45) is 0. The molecule has 0 unspecified atom stereocenters. The first-order chi connectivity index (χ1) is 10.2. The molecule has 0 aliphatic heterocycles. The first-order valence-electron chi connectivity index (χ1n) is 6.25. The lowest BCUT2D eigenvalue weighted by Crippen LogP contribution is -2.01. The highest BCUT2D eigenvalue weighted by atomic mass is 19.1. The van der Waals surface area contributed by atoms with Crippen LogP contribution in [0.1, 0.15) is 23.6 Å². The Hall–Kier alpha value is -2.87. The number of rotatable bonds is 4. The molecule has 0 fully saturated rings. The number of oxime groups is 1. The lowest BCUT2D eigenvalue weighted by atomic mass is 10.1. The van der Waals surface area contributed by atoms with Gasteiger partial charge in [-0.15, -0.1) is 0 Å². The summed E-state index contributed by atoms with van der Waals surface area (Å²) in [5, 5.41) is 20.6. The highest BCUT2D eigenvalue weighted by Crippen LogP contribution is 2.17. The summed E-state index contributed by atoms with van der Waals surface area (Å²) in [5.74, 6) is 0.00567. The largest absolute Gasteiger partial charge is 0.489 e. The van der Waals surface area contributed by atoms with Gasteiger partial charge in [-0.2, -0.15) is 5.26 Å². The summed E-state index contributed by atoms with van der Waals surface area (Å²) < 4.78 is 19.3. The number of nitrogens with zero attached hydrogens (tertiary/aromatic N) is 2. The third-order valence-corrected chi connectivity index (χ3v) is 3.02. The van der Waals surface area contributed by atoms with Crippen LogP contribution < -0.4 is 4.74 Å². The van der Waals surface area contributed by atoms with Crippen LogP contribution in [0.2, 0.25) is 0 Å². The van der Waals surface area contributed by atoms with Gasteiger partial charge in [0.2, 0.25) is 0 Å². The topological polar surface area (TPSA) is 65.6 Å². The molecule has 0 amide bonds. The monoisotopic (exact) mass is 284 g/mol. The van der Waals surface area contributed by atoms with Gasteiger partial charge in [0.1, 0.15) is 24.2 Å². The van der Waals surface area contributed by atoms with Crippen molar-refractivity contribution in [3.63, 3.8) is 0 Å². The van der Waals surface area contributed by atoms with E-state index in [1.165, 1.54) is 6.07 Å². The minimum atomic E-state index is -0.556. The van der Waals surface area contributed by atoms with E-state index in [2.05, 4.69) is 5.16 Å². The fraction of sp³-hybridized carbons (Fsp3) is 0.125. The fourth-order valence-corrected chi connectivity index (χ4v) is 1.79. The Balaban J connectivity index is 2.09. The van der Waals surface area contributed by atoms with Crippen LogP contribution in [0.25, 0.3) is 0 Å². The van der Waals surface area contributed by atoms with Crippen molar-refractivity contribution in [2.45, 2.75) is 13.5 Å². The number of hydrogen-bond donors (Lipinski definition) is 1. The van der Waals surface area contributed by atoms with E-state index in [0.717, 1.165) is 5.56 Å². The number of benzene rings is 2. The van der Waals surface area contributed by atoms with Crippen LogP contribution in [-0.4, -0.2) is 10.9 Å².